The predicted octanol–water partition coefficient (Wildman–Crippen LogP) is -1.19. The van der Waals surface area contributed by atoms with Crippen LogP contribution in [0.25, 0.3) is 0 Å². The Balaban J connectivity index is 0. The zero-order valence-electron chi connectivity index (χ0n) is 1.79. The molecule has 0 N–H and O–H groups in total. The Kier molecular flexibility index (Phi) is 155. The molecule has 0 saturated carbocycles. The minimum Gasteiger partial charge on any atom is 0 e. The first-order valence-corrected chi connectivity index (χ1v) is 0. The van der Waals surface area contributed by atoms with Gasteiger partial charge in [-0.25, -0.2) is 0 Å². The van der Waals surface area contributed by atoms with Crippen LogP contribution < -0.4 is 0 Å². The normalized spacial score (nSPS) is 0. The van der Waals surface area contributed by atoms with Gasteiger partial charge in [-0.05, 0) is 0 Å². The van der Waals surface area contributed by atoms with Crippen LogP contribution in [0.1, 0.15) is 0 Å². The van der Waals surface area contributed by atoms with Gasteiger partial charge in [-0.3, -0.25) is 0 Å². The van der Waals surface area contributed by atoms with Gasteiger partial charge in [0.2, 0.25) is 0 Å². The molecule has 0 atom stereocenters. The van der Waals surface area contributed by atoms with E-state index in [1.54, 1.807) is 0 Å². The Hall–Kier alpha value is 2.30. The fraction of sp³-hybridized carbons (Fsp3) is 0. The van der Waals surface area contributed by atoms with Gasteiger partial charge in [-0.15, -0.1) is 0 Å². The van der Waals surface area contributed by atoms with Crippen molar-refractivity contribution in [2.24, 2.45) is 0 Å². The second-order valence-corrected chi connectivity index (χ2v) is 0. The standard InChI is InChI=1S/Al.Mn.2Zn.3H. The molecule has 0 aliphatic heterocycles. The Morgan fingerprint density at radius 3 is 0.750 bits per heavy atom. The Morgan fingerprint density at radius 2 is 0.750 bits per heavy atom. The molecule has 0 heterocycles. The average molecular weight is 216 g/mol. The van der Waals surface area contributed by atoms with Crippen molar-refractivity contribution >= 4 is 17.4 Å². The van der Waals surface area contributed by atoms with Crippen LogP contribution in [0, 0.1) is 0 Å². The smallest absolute Gasteiger partial charge is 0 e. The monoisotopic (exact) mass is 213 g/mol. The first kappa shape index (κ1) is 33.5. The molecular formula is H3AlMnZn2. The Morgan fingerprint density at radius 1 is 0.750 bits per heavy atom. The second-order valence-electron chi connectivity index (χ2n) is 0. The molecular weight excluding hydrogens is 213 g/mol. The van der Waals surface area contributed by atoms with Gasteiger partial charge >= 0.3 is 0 Å². The number of hydrogen-bond donors (Lipinski definition) is 0. The summed E-state index contributed by atoms with van der Waals surface area (Å²) in [6, 6.07) is 0. The van der Waals surface area contributed by atoms with Gasteiger partial charge in [0.1, 0.15) is 0 Å². The predicted molar refractivity (Wildman–Crippen MR) is 9.94 cm³/mol. The molecule has 0 bridgehead atoms. The van der Waals surface area contributed by atoms with Crippen LogP contribution in [0.2, 0.25) is 0 Å². The maximum atomic E-state index is 0. The molecule has 0 aromatic carbocycles. The second kappa shape index (κ2) is 18.5. The maximum Gasteiger partial charge on any atom is 0.187 e. The number of rotatable bonds is 0. The van der Waals surface area contributed by atoms with Gasteiger partial charge < -0.3 is 0 Å². The van der Waals surface area contributed by atoms with Crippen molar-refractivity contribution in [3.63, 3.8) is 0 Å². The van der Waals surface area contributed by atoms with E-state index >= 15 is 0 Å². The van der Waals surface area contributed by atoms with Crippen LogP contribution in [0.3, 0.4) is 0 Å². The summed E-state index contributed by atoms with van der Waals surface area (Å²) in [5.74, 6) is 0. The third-order valence-corrected chi connectivity index (χ3v) is 0. The summed E-state index contributed by atoms with van der Waals surface area (Å²) in [6.45, 7) is 0. The quantitative estimate of drug-likeness (QED) is 0.446. The minimum absolute atomic E-state index is 0. The third kappa shape index (κ3) is 8.85. The molecule has 0 fully saturated rings. The topological polar surface area (TPSA) is 0 Å². The van der Waals surface area contributed by atoms with E-state index in [0.717, 1.165) is 0 Å². The summed E-state index contributed by atoms with van der Waals surface area (Å²) in [6.07, 6.45) is 0. The molecule has 0 spiro atoms. The minimum atomic E-state index is 0. The molecule has 4 heteroatoms. The van der Waals surface area contributed by atoms with Gasteiger partial charge in [0.05, 0.1) is 0 Å². The van der Waals surface area contributed by atoms with Crippen LogP contribution in [0.5, 0.6) is 0 Å². The number of hydrogen-bond acceptors (Lipinski definition) is 0. The van der Waals surface area contributed by atoms with E-state index in [0.29, 0.717) is 0 Å². The van der Waals surface area contributed by atoms with Gasteiger partial charge in [-0.2, -0.15) is 0 Å². The molecule has 17 valence electrons. The van der Waals surface area contributed by atoms with E-state index in [4.69, 9.17) is 0 Å². The average Bonchev–Trinajstić information content (AvgIpc) is 0. The third-order valence-electron chi connectivity index (χ3n) is 0. The molecule has 0 aliphatic rings. The summed E-state index contributed by atoms with van der Waals surface area (Å²) in [4.78, 5) is 0. The first-order valence-electron chi connectivity index (χ1n) is 0. The fourth-order valence-electron chi connectivity index (χ4n) is 0. The van der Waals surface area contributed by atoms with Crippen LogP contribution in [0.4, 0.5) is 0 Å². The van der Waals surface area contributed by atoms with Gasteiger partial charge in [-0.1, -0.05) is 0 Å². The van der Waals surface area contributed by atoms with E-state index in [9.17, 15) is 0 Å². The molecule has 0 rings (SSSR count). The van der Waals surface area contributed by atoms with Crippen LogP contribution in [-0.2, 0) is 56.0 Å². The molecule has 0 amide bonds. The van der Waals surface area contributed by atoms with Crippen LogP contribution >= 0.6 is 0 Å². The van der Waals surface area contributed by atoms with Crippen molar-refractivity contribution in [2.75, 3.05) is 0 Å². The first-order chi connectivity index (χ1) is 0. The summed E-state index contributed by atoms with van der Waals surface area (Å²) in [5.41, 5.74) is 0. The summed E-state index contributed by atoms with van der Waals surface area (Å²) >= 11 is 0. The molecule has 0 saturated heterocycles. The zero-order chi connectivity index (χ0) is 0. The van der Waals surface area contributed by atoms with Crippen molar-refractivity contribution < 1.29 is 56.0 Å². The molecule has 1 radical (unpaired) electrons. The van der Waals surface area contributed by atoms with Gasteiger partial charge in [0.25, 0.3) is 0 Å². The van der Waals surface area contributed by atoms with Crippen LogP contribution in [0.15, 0.2) is 0 Å². The molecule has 0 nitrogen and oxygen atoms in total. The maximum absolute atomic E-state index is 0. The van der Waals surface area contributed by atoms with Crippen molar-refractivity contribution in [1.29, 1.82) is 0 Å². The molecule has 4 heavy (non-hydrogen) atoms. The van der Waals surface area contributed by atoms with Crippen molar-refractivity contribution in [2.45, 2.75) is 0 Å². The molecule has 0 aromatic rings. The van der Waals surface area contributed by atoms with Crippen molar-refractivity contribution in [3.05, 3.63) is 0 Å². The van der Waals surface area contributed by atoms with E-state index in [1.165, 1.54) is 0 Å². The summed E-state index contributed by atoms with van der Waals surface area (Å²) < 4.78 is 0. The van der Waals surface area contributed by atoms with E-state index in [-0.39, 0.29) is 73.4 Å². The van der Waals surface area contributed by atoms with E-state index < -0.39 is 0 Å². The Bertz CT molecular complexity index is 6.00. The molecule has 0 aromatic heterocycles. The largest absolute Gasteiger partial charge is 0.187 e. The SMILES string of the molecule is [AlH3].[Mn].[Zn].[Zn]. The Labute approximate surface area is 72.6 Å². The summed E-state index contributed by atoms with van der Waals surface area (Å²) in [5, 5.41) is 0. The molecule has 0 unspecified atom stereocenters. The summed E-state index contributed by atoms with van der Waals surface area (Å²) in [7, 11) is 0. The van der Waals surface area contributed by atoms with Crippen molar-refractivity contribution in [3.8, 4) is 0 Å². The fourth-order valence-corrected chi connectivity index (χ4v) is 0. The van der Waals surface area contributed by atoms with E-state index in [1.807, 2.05) is 0 Å². The zero-order valence-corrected chi connectivity index (χ0v) is 8.91. The van der Waals surface area contributed by atoms with Crippen LogP contribution in [-0.4, -0.2) is 17.4 Å². The molecule has 0 aliphatic carbocycles. The van der Waals surface area contributed by atoms with Crippen molar-refractivity contribution in [1.82, 2.24) is 0 Å². The van der Waals surface area contributed by atoms with Gasteiger partial charge in [0, 0.05) is 56.0 Å². The van der Waals surface area contributed by atoms with E-state index in [2.05, 4.69) is 0 Å². The van der Waals surface area contributed by atoms with Gasteiger partial charge in [0.15, 0.2) is 17.4 Å².